The zero-order chi connectivity index (χ0) is 10.3. The lowest BCUT2D eigenvalue weighted by atomic mass is 10.4. The number of hydrogen-bond acceptors (Lipinski definition) is 2. The molecule has 6 nitrogen and oxygen atoms in total. The summed E-state index contributed by atoms with van der Waals surface area (Å²) in [6, 6.07) is -0.220. The standard InChI is InChI=1S/C8H14N4O2/c1-3-11-5-6(10-7(13)9-5)12(4-2)8(11)14/h5-6H,3-4H2,1-2H3,(H2,9,10,13)/t5-,6-/m0/s1. The van der Waals surface area contributed by atoms with E-state index in [9.17, 15) is 9.59 Å². The van der Waals surface area contributed by atoms with E-state index in [0.717, 1.165) is 0 Å². The van der Waals surface area contributed by atoms with E-state index in [0.29, 0.717) is 13.1 Å². The summed E-state index contributed by atoms with van der Waals surface area (Å²) in [6.07, 6.45) is -0.417. The lowest BCUT2D eigenvalue weighted by Crippen LogP contribution is -2.43. The first-order valence-electron chi connectivity index (χ1n) is 4.83. The number of fused-ring (bicyclic) bond motifs is 1. The van der Waals surface area contributed by atoms with E-state index in [2.05, 4.69) is 10.6 Å². The molecule has 2 heterocycles. The molecule has 2 aliphatic rings. The van der Waals surface area contributed by atoms with Crippen LogP contribution < -0.4 is 10.6 Å². The predicted octanol–water partition coefficient (Wildman–Crippen LogP) is -0.271. The van der Waals surface area contributed by atoms with Gasteiger partial charge >= 0.3 is 12.1 Å². The maximum Gasteiger partial charge on any atom is 0.323 e. The summed E-state index contributed by atoms with van der Waals surface area (Å²) in [4.78, 5) is 26.2. The Labute approximate surface area is 82.2 Å². The molecule has 0 aromatic carbocycles. The van der Waals surface area contributed by atoms with E-state index in [1.165, 1.54) is 0 Å². The maximum atomic E-state index is 11.7. The van der Waals surface area contributed by atoms with Gasteiger partial charge in [0.25, 0.3) is 0 Å². The number of carbonyl (C=O) groups is 2. The third kappa shape index (κ3) is 1.03. The second kappa shape index (κ2) is 3.04. The fraction of sp³-hybridized carbons (Fsp3) is 0.750. The van der Waals surface area contributed by atoms with Gasteiger partial charge in [-0.05, 0) is 13.8 Å². The van der Waals surface area contributed by atoms with Crippen molar-refractivity contribution in [2.75, 3.05) is 13.1 Å². The molecule has 2 atom stereocenters. The van der Waals surface area contributed by atoms with Crippen molar-refractivity contribution in [2.24, 2.45) is 0 Å². The maximum absolute atomic E-state index is 11.7. The minimum absolute atomic E-state index is 0.0162. The van der Waals surface area contributed by atoms with Gasteiger partial charge in [0.05, 0.1) is 0 Å². The average Bonchev–Trinajstić information content (AvgIpc) is 2.59. The summed E-state index contributed by atoms with van der Waals surface area (Å²) < 4.78 is 0. The van der Waals surface area contributed by atoms with Gasteiger partial charge in [0.2, 0.25) is 0 Å². The number of nitrogens with one attached hydrogen (secondary N) is 2. The first-order chi connectivity index (χ1) is 6.69. The van der Waals surface area contributed by atoms with Gasteiger partial charge in [-0.2, -0.15) is 0 Å². The smallest absolute Gasteiger partial charge is 0.314 e. The molecule has 14 heavy (non-hydrogen) atoms. The third-order valence-corrected chi connectivity index (χ3v) is 2.70. The lowest BCUT2D eigenvalue weighted by Gasteiger charge is -2.19. The molecule has 0 radical (unpaired) electrons. The summed E-state index contributed by atoms with van der Waals surface area (Å²) in [5.74, 6) is 0. The van der Waals surface area contributed by atoms with Crippen molar-refractivity contribution in [3.63, 3.8) is 0 Å². The molecule has 2 aliphatic heterocycles. The van der Waals surface area contributed by atoms with Gasteiger partial charge in [-0.1, -0.05) is 0 Å². The Morgan fingerprint density at radius 3 is 1.86 bits per heavy atom. The Bertz CT molecular complexity index is 257. The van der Waals surface area contributed by atoms with E-state index >= 15 is 0 Å². The summed E-state index contributed by atoms with van der Waals surface area (Å²) >= 11 is 0. The van der Waals surface area contributed by atoms with Crippen LogP contribution in [0.5, 0.6) is 0 Å². The minimum Gasteiger partial charge on any atom is -0.314 e. The Hall–Kier alpha value is -1.46. The fourth-order valence-corrected chi connectivity index (χ4v) is 2.03. The normalized spacial score (nSPS) is 30.4. The number of urea groups is 2. The van der Waals surface area contributed by atoms with Crippen molar-refractivity contribution in [1.29, 1.82) is 0 Å². The van der Waals surface area contributed by atoms with E-state index in [4.69, 9.17) is 0 Å². The van der Waals surface area contributed by atoms with Crippen LogP contribution in [0.1, 0.15) is 13.8 Å². The third-order valence-electron chi connectivity index (χ3n) is 2.70. The van der Waals surface area contributed by atoms with Crippen LogP contribution in [0, 0.1) is 0 Å². The minimum atomic E-state index is -0.208. The van der Waals surface area contributed by atoms with E-state index in [1.807, 2.05) is 13.8 Å². The molecule has 6 heteroatoms. The number of nitrogens with zero attached hydrogens (tertiary/aromatic N) is 2. The summed E-state index contributed by atoms with van der Waals surface area (Å²) in [6.45, 7) is 5.02. The van der Waals surface area contributed by atoms with Crippen molar-refractivity contribution in [1.82, 2.24) is 20.4 Å². The zero-order valence-electron chi connectivity index (χ0n) is 8.28. The Morgan fingerprint density at radius 2 is 1.50 bits per heavy atom. The molecule has 0 aliphatic carbocycles. The number of carbonyl (C=O) groups excluding carboxylic acids is 2. The topological polar surface area (TPSA) is 64.7 Å². The van der Waals surface area contributed by atoms with Gasteiger partial charge in [0, 0.05) is 13.1 Å². The Balaban J connectivity index is 2.24. The van der Waals surface area contributed by atoms with Crippen molar-refractivity contribution >= 4 is 12.1 Å². The number of rotatable bonds is 2. The van der Waals surface area contributed by atoms with Gasteiger partial charge < -0.3 is 20.4 Å². The molecule has 0 unspecified atom stereocenters. The largest absolute Gasteiger partial charge is 0.323 e. The van der Waals surface area contributed by atoms with Crippen LogP contribution in [-0.2, 0) is 0 Å². The lowest BCUT2D eigenvalue weighted by molar-refractivity contribution is 0.181. The van der Waals surface area contributed by atoms with Crippen LogP contribution in [-0.4, -0.2) is 47.3 Å². The van der Waals surface area contributed by atoms with Crippen LogP contribution >= 0.6 is 0 Å². The predicted molar refractivity (Wildman–Crippen MR) is 49.4 cm³/mol. The van der Waals surface area contributed by atoms with Crippen LogP contribution in [0.15, 0.2) is 0 Å². The van der Waals surface area contributed by atoms with Gasteiger partial charge in [0.15, 0.2) is 0 Å². The molecule has 0 bridgehead atoms. The van der Waals surface area contributed by atoms with Crippen molar-refractivity contribution in [3.05, 3.63) is 0 Å². The highest BCUT2D eigenvalue weighted by molar-refractivity contribution is 5.84. The summed E-state index contributed by atoms with van der Waals surface area (Å²) in [5.41, 5.74) is 0. The van der Waals surface area contributed by atoms with Crippen molar-refractivity contribution in [3.8, 4) is 0 Å². The van der Waals surface area contributed by atoms with Gasteiger partial charge in [0.1, 0.15) is 12.3 Å². The molecule has 78 valence electrons. The monoisotopic (exact) mass is 198 g/mol. The first-order valence-corrected chi connectivity index (χ1v) is 4.83. The Morgan fingerprint density at radius 1 is 1.07 bits per heavy atom. The fourth-order valence-electron chi connectivity index (χ4n) is 2.03. The van der Waals surface area contributed by atoms with Crippen LogP contribution in [0.4, 0.5) is 9.59 Å². The molecule has 0 spiro atoms. The van der Waals surface area contributed by atoms with E-state index in [1.54, 1.807) is 9.80 Å². The molecule has 4 amide bonds. The molecular weight excluding hydrogens is 184 g/mol. The van der Waals surface area contributed by atoms with Crippen LogP contribution in [0.2, 0.25) is 0 Å². The van der Waals surface area contributed by atoms with Crippen LogP contribution in [0.25, 0.3) is 0 Å². The first kappa shape index (κ1) is 9.11. The molecule has 2 fully saturated rings. The van der Waals surface area contributed by atoms with E-state index in [-0.39, 0.29) is 24.4 Å². The van der Waals surface area contributed by atoms with Gasteiger partial charge in [-0.3, -0.25) is 0 Å². The highest BCUT2D eigenvalue weighted by Crippen LogP contribution is 2.21. The molecular formula is C8H14N4O2. The van der Waals surface area contributed by atoms with Crippen molar-refractivity contribution in [2.45, 2.75) is 26.2 Å². The van der Waals surface area contributed by atoms with Gasteiger partial charge in [-0.25, -0.2) is 9.59 Å². The van der Waals surface area contributed by atoms with E-state index < -0.39 is 0 Å². The zero-order valence-corrected chi connectivity index (χ0v) is 8.28. The van der Waals surface area contributed by atoms with Crippen molar-refractivity contribution < 1.29 is 9.59 Å². The average molecular weight is 198 g/mol. The molecule has 0 aromatic rings. The second-order valence-corrected chi connectivity index (χ2v) is 3.36. The highest BCUT2D eigenvalue weighted by atomic mass is 16.2. The quantitative estimate of drug-likeness (QED) is 0.641. The number of hydrogen-bond donors (Lipinski definition) is 2. The van der Waals surface area contributed by atoms with Gasteiger partial charge in [-0.15, -0.1) is 0 Å². The molecule has 2 rings (SSSR count). The Kier molecular flexibility index (Phi) is 1.98. The summed E-state index contributed by atoms with van der Waals surface area (Å²) in [7, 11) is 0. The number of likely N-dealkylation sites (N-methyl/N-ethyl adjacent to an activating group) is 2. The molecule has 2 saturated heterocycles. The second-order valence-electron chi connectivity index (χ2n) is 3.36. The summed E-state index contributed by atoms with van der Waals surface area (Å²) in [5, 5.41) is 5.45. The molecule has 0 aromatic heterocycles. The molecule has 2 N–H and O–H groups in total. The SMILES string of the molecule is CCN1C(=O)N(CC)[C@@H]2NC(=O)N[C@H]21. The number of amides is 4. The van der Waals surface area contributed by atoms with Crippen LogP contribution in [0.3, 0.4) is 0 Å². The molecule has 0 saturated carbocycles. The highest BCUT2D eigenvalue weighted by Gasteiger charge is 2.49.